The molecule has 1 N–H and O–H groups in total. The Bertz CT molecular complexity index is 1010. The van der Waals surface area contributed by atoms with Crippen molar-refractivity contribution in [2.24, 2.45) is 0 Å². The Balaban J connectivity index is 1.94. The van der Waals surface area contributed by atoms with Crippen LogP contribution in [0.4, 0.5) is 4.39 Å². The third-order valence-corrected chi connectivity index (χ3v) is 5.87. The monoisotopic (exact) mass is 460 g/mol. The van der Waals surface area contributed by atoms with Crippen molar-refractivity contribution in [2.75, 3.05) is 0 Å². The predicted molar refractivity (Wildman–Crippen MR) is 134 cm³/mol. The van der Waals surface area contributed by atoms with Crippen molar-refractivity contribution in [3.05, 3.63) is 107 Å². The van der Waals surface area contributed by atoms with Crippen molar-refractivity contribution in [2.45, 2.75) is 58.2 Å². The van der Waals surface area contributed by atoms with Gasteiger partial charge in [0.25, 0.3) is 0 Å². The van der Waals surface area contributed by atoms with Crippen LogP contribution in [-0.4, -0.2) is 28.8 Å². The Labute approximate surface area is 201 Å². The number of carbonyl (C=O) groups is 2. The molecule has 0 saturated heterocycles. The Kier molecular flexibility index (Phi) is 8.97. The van der Waals surface area contributed by atoms with Crippen LogP contribution < -0.4 is 5.32 Å². The predicted octanol–water partition coefficient (Wildman–Crippen LogP) is 5.68. The zero-order valence-corrected chi connectivity index (χ0v) is 20.1. The SMILES string of the molecule is CC[C@H](C(=O)NC(C)C)N(Cc1ccc(F)cc1)C(=O)CC(c1ccccc1)c1ccccc1. The van der Waals surface area contributed by atoms with Crippen molar-refractivity contribution < 1.29 is 14.0 Å². The highest BCUT2D eigenvalue weighted by atomic mass is 19.1. The number of nitrogens with zero attached hydrogens (tertiary/aromatic N) is 1. The van der Waals surface area contributed by atoms with E-state index in [0.29, 0.717) is 6.42 Å². The minimum atomic E-state index is -0.618. The van der Waals surface area contributed by atoms with Crippen molar-refractivity contribution in [1.29, 1.82) is 0 Å². The molecule has 0 heterocycles. The van der Waals surface area contributed by atoms with Crippen molar-refractivity contribution in [3.63, 3.8) is 0 Å². The summed E-state index contributed by atoms with van der Waals surface area (Å²) in [4.78, 5) is 28.5. The topological polar surface area (TPSA) is 49.4 Å². The van der Waals surface area contributed by atoms with Crippen LogP contribution in [0.1, 0.15) is 56.2 Å². The van der Waals surface area contributed by atoms with Crippen molar-refractivity contribution in [3.8, 4) is 0 Å². The number of benzene rings is 3. The largest absolute Gasteiger partial charge is 0.352 e. The molecule has 5 heteroatoms. The highest BCUT2D eigenvalue weighted by molar-refractivity contribution is 5.88. The van der Waals surface area contributed by atoms with Crippen LogP contribution in [0.25, 0.3) is 0 Å². The maximum absolute atomic E-state index is 13.8. The summed E-state index contributed by atoms with van der Waals surface area (Å²) in [7, 11) is 0. The summed E-state index contributed by atoms with van der Waals surface area (Å²) in [6.07, 6.45) is 0.702. The molecule has 0 fully saturated rings. The van der Waals surface area contributed by atoms with Gasteiger partial charge in [0, 0.05) is 24.9 Å². The van der Waals surface area contributed by atoms with Gasteiger partial charge in [-0.25, -0.2) is 4.39 Å². The molecule has 3 aromatic rings. The van der Waals surface area contributed by atoms with E-state index in [0.717, 1.165) is 16.7 Å². The third-order valence-electron chi connectivity index (χ3n) is 5.87. The van der Waals surface area contributed by atoms with E-state index in [1.807, 2.05) is 81.4 Å². The molecule has 34 heavy (non-hydrogen) atoms. The Morgan fingerprint density at radius 3 is 1.85 bits per heavy atom. The van der Waals surface area contributed by atoms with Gasteiger partial charge in [-0.15, -0.1) is 0 Å². The fraction of sp³-hybridized carbons (Fsp3) is 0.310. The summed E-state index contributed by atoms with van der Waals surface area (Å²) in [6.45, 7) is 5.94. The van der Waals surface area contributed by atoms with Gasteiger partial charge in [0.15, 0.2) is 0 Å². The summed E-state index contributed by atoms with van der Waals surface area (Å²) in [5, 5.41) is 2.95. The lowest BCUT2D eigenvalue weighted by Crippen LogP contribution is -2.50. The minimum absolute atomic E-state index is 0.0364. The van der Waals surface area contributed by atoms with Crippen LogP contribution in [0, 0.1) is 5.82 Å². The second-order valence-electron chi connectivity index (χ2n) is 8.81. The minimum Gasteiger partial charge on any atom is -0.352 e. The summed E-state index contributed by atoms with van der Waals surface area (Å²) in [5.41, 5.74) is 2.87. The van der Waals surface area contributed by atoms with Crippen molar-refractivity contribution in [1.82, 2.24) is 10.2 Å². The first-order chi connectivity index (χ1) is 16.4. The molecule has 3 aromatic carbocycles. The number of halogens is 1. The fourth-order valence-electron chi connectivity index (χ4n) is 4.18. The van der Waals surface area contributed by atoms with Gasteiger partial charge < -0.3 is 10.2 Å². The lowest BCUT2D eigenvalue weighted by molar-refractivity contribution is -0.141. The van der Waals surface area contributed by atoms with Crippen LogP contribution >= 0.6 is 0 Å². The number of nitrogens with one attached hydrogen (secondary N) is 1. The van der Waals surface area contributed by atoms with Gasteiger partial charge in [-0.05, 0) is 49.1 Å². The Morgan fingerprint density at radius 1 is 0.853 bits per heavy atom. The van der Waals surface area contributed by atoms with Crippen LogP contribution in [0.15, 0.2) is 84.9 Å². The third kappa shape index (κ3) is 6.77. The Hall–Kier alpha value is -3.47. The van der Waals surface area contributed by atoms with Gasteiger partial charge in [-0.3, -0.25) is 9.59 Å². The molecular formula is C29H33FN2O2. The van der Waals surface area contributed by atoms with Crippen LogP contribution in [-0.2, 0) is 16.1 Å². The molecule has 1 atom stereocenters. The van der Waals surface area contributed by atoms with Crippen LogP contribution in [0.2, 0.25) is 0 Å². The van der Waals surface area contributed by atoms with Gasteiger partial charge in [0.05, 0.1) is 0 Å². The first kappa shape index (κ1) is 25.2. The number of hydrogen-bond acceptors (Lipinski definition) is 2. The van der Waals surface area contributed by atoms with E-state index >= 15 is 0 Å². The zero-order chi connectivity index (χ0) is 24.5. The molecule has 0 aliphatic heterocycles. The summed E-state index contributed by atoms with van der Waals surface area (Å²) < 4.78 is 13.5. The summed E-state index contributed by atoms with van der Waals surface area (Å²) in [6, 6.07) is 25.3. The van der Waals surface area contributed by atoms with Gasteiger partial charge in [0.1, 0.15) is 11.9 Å². The number of rotatable bonds is 10. The van der Waals surface area contributed by atoms with Crippen LogP contribution in [0.3, 0.4) is 0 Å². The van der Waals surface area contributed by atoms with E-state index < -0.39 is 6.04 Å². The van der Waals surface area contributed by atoms with E-state index in [9.17, 15) is 14.0 Å². The number of carbonyl (C=O) groups excluding carboxylic acids is 2. The van der Waals surface area contributed by atoms with E-state index in [2.05, 4.69) is 5.32 Å². The van der Waals surface area contributed by atoms with Crippen molar-refractivity contribution >= 4 is 11.8 Å². The second kappa shape index (κ2) is 12.1. The first-order valence-corrected chi connectivity index (χ1v) is 11.8. The quantitative estimate of drug-likeness (QED) is 0.423. The molecule has 0 spiro atoms. The lowest BCUT2D eigenvalue weighted by atomic mass is 9.88. The molecule has 0 radical (unpaired) electrons. The van der Waals surface area contributed by atoms with Gasteiger partial charge in [-0.2, -0.15) is 0 Å². The average Bonchev–Trinajstić information content (AvgIpc) is 2.84. The van der Waals surface area contributed by atoms with E-state index in [-0.39, 0.29) is 42.6 Å². The number of hydrogen-bond donors (Lipinski definition) is 1. The Morgan fingerprint density at radius 2 is 1.38 bits per heavy atom. The van der Waals surface area contributed by atoms with E-state index in [1.165, 1.54) is 12.1 Å². The second-order valence-corrected chi connectivity index (χ2v) is 8.81. The molecular weight excluding hydrogens is 427 g/mol. The fourth-order valence-corrected chi connectivity index (χ4v) is 4.18. The molecule has 0 unspecified atom stereocenters. The van der Waals surface area contributed by atoms with Crippen LogP contribution in [0.5, 0.6) is 0 Å². The summed E-state index contributed by atoms with van der Waals surface area (Å²) in [5.74, 6) is -0.771. The van der Waals surface area contributed by atoms with E-state index in [1.54, 1.807) is 17.0 Å². The molecule has 3 rings (SSSR count). The number of amides is 2. The average molecular weight is 461 g/mol. The molecule has 4 nitrogen and oxygen atoms in total. The maximum Gasteiger partial charge on any atom is 0.243 e. The normalized spacial score (nSPS) is 11.9. The maximum atomic E-state index is 13.8. The van der Waals surface area contributed by atoms with E-state index in [4.69, 9.17) is 0 Å². The van der Waals surface area contributed by atoms with Gasteiger partial charge in [-0.1, -0.05) is 79.7 Å². The standard InChI is InChI=1S/C29H33FN2O2/c1-4-27(29(34)31-21(2)3)32(20-22-15-17-25(30)18-16-22)28(33)19-26(23-11-7-5-8-12-23)24-13-9-6-10-14-24/h5-18,21,26-27H,4,19-20H2,1-3H3,(H,31,34)/t27-/m1/s1. The molecule has 2 amide bonds. The first-order valence-electron chi connectivity index (χ1n) is 11.8. The molecule has 178 valence electrons. The zero-order valence-electron chi connectivity index (χ0n) is 20.1. The van der Waals surface area contributed by atoms with Gasteiger partial charge >= 0.3 is 0 Å². The molecule has 0 aromatic heterocycles. The molecule has 0 aliphatic rings. The molecule has 0 bridgehead atoms. The smallest absolute Gasteiger partial charge is 0.243 e. The molecule has 0 saturated carbocycles. The summed E-state index contributed by atoms with van der Waals surface area (Å²) >= 11 is 0. The van der Waals surface area contributed by atoms with Gasteiger partial charge in [0.2, 0.25) is 11.8 Å². The highest BCUT2D eigenvalue weighted by Gasteiger charge is 2.31. The molecule has 0 aliphatic carbocycles. The highest BCUT2D eigenvalue weighted by Crippen LogP contribution is 2.29. The lowest BCUT2D eigenvalue weighted by Gasteiger charge is -2.32.